The first-order chi connectivity index (χ1) is 7.60. The summed E-state index contributed by atoms with van der Waals surface area (Å²) in [5, 5.41) is 36.1. The number of nitrogen functional groups attached to an aromatic ring is 1. The molecule has 0 aliphatic carbocycles. The van der Waals surface area contributed by atoms with Gasteiger partial charge >= 0.3 is 0 Å². The predicted octanol–water partition coefficient (Wildman–Crippen LogP) is -0.157. The third-order valence-corrected chi connectivity index (χ3v) is 2.07. The lowest BCUT2D eigenvalue weighted by Crippen LogP contribution is -2.18. The Labute approximate surface area is 92.2 Å². The maximum Gasteiger partial charge on any atom is 0.141 e. The number of aliphatic hydroxyl groups is 2. The standard InChI is InChI=1S/C10H10N4O2/c11-2-1-8(15)9(16)7-3-6(4-12)10(13)14-5-7/h3,5,8-9,15-16H,1H2,(H2,13,14). The van der Waals surface area contributed by atoms with Gasteiger partial charge in [0, 0.05) is 11.8 Å². The van der Waals surface area contributed by atoms with Crippen LogP contribution in [0.2, 0.25) is 0 Å². The fraction of sp³-hybridized carbons (Fsp3) is 0.300. The van der Waals surface area contributed by atoms with E-state index in [1.54, 1.807) is 6.07 Å². The Morgan fingerprint density at radius 2 is 2.12 bits per heavy atom. The molecule has 16 heavy (non-hydrogen) atoms. The molecule has 82 valence electrons. The van der Waals surface area contributed by atoms with Crippen molar-refractivity contribution in [1.29, 1.82) is 10.5 Å². The summed E-state index contributed by atoms with van der Waals surface area (Å²) in [6.07, 6.45) is -1.39. The summed E-state index contributed by atoms with van der Waals surface area (Å²) in [6, 6.07) is 4.90. The Balaban J connectivity index is 2.98. The largest absolute Gasteiger partial charge is 0.389 e. The van der Waals surface area contributed by atoms with Crippen molar-refractivity contribution in [2.45, 2.75) is 18.6 Å². The number of hydrogen-bond acceptors (Lipinski definition) is 6. The van der Waals surface area contributed by atoms with Crippen molar-refractivity contribution in [2.75, 3.05) is 5.73 Å². The smallest absolute Gasteiger partial charge is 0.141 e. The van der Waals surface area contributed by atoms with Crippen LogP contribution in [-0.4, -0.2) is 21.3 Å². The van der Waals surface area contributed by atoms with E-state index in [1.165, 1.54) is 12.3 Å². The van der Waals surface area contributed by atoms with Crippen molar-refractivity contribution in [1.82, 2.24) is 4.98 Å². The molecule has 0 fully saturated rings. The molecule has 0 amide bonds. The monoisotopic (exact) mass is 218 g/mol. The van der Waals surface area contributed by atoms with Crippen molar-refractivity contribution in [2.24, 2.45) is 0 Å². The van der Waals surface area contributed by atoms with Gasteiger partial charge in [-0.05, 0) is 6.07 Å². The van der Waals surface area contributed by atoms with Gasteiger partial charge in [0.25, 0.3) is 0 Å². The Morgan fingerprint density at radius 1 is 1.44 bits per heavy atom. The third-order valence-electron chi connectivity index (χ3n) is 2.07. The summed E-state index contributed by atoms with van der Waals surface area (Å²) in [5.41, 5.74) is 5.79. The second-order valence-electron chi connectivity index (χ2n) is 3.19. The van der Waals surface area contributed by atoms with Gasteiger partial charge in [0.1, 0.15) is 18.0 Å². The fourth-order valence-electron chi connectivity index (χ4n) is 1.17. The Morgan fingerprint density at radius 3 is 2.69 bits per heavy atom. The second-order valence-corrected chi connectivity index (χ2v) is 3.19. The maximum atomic E-state index is 9.64. The third kappa shape index (κ3) is 2.45. The predicted molar refractivity (Wildman–Crippen MR) is 54.6 cm³/mol. The van der Waals surface area contributed by atoms with Crippen molar-refractivity contribution in [3.05, 3.63) is 23.4 Å². The van der Waals surface area contributed by atoms with E-state index in [1.807, 2.05) is 6.07 Å². The lowest BCUT2D eigenvalue weighted by Gasteiger charge is -2.15. The fourth-order valence-corrected chi connectivity index (χ4v) is 1.17. The van der Waals surface area contributed by atoms with Crippen LogP contribution in [0.1, 0.15) is 23.7 Å². The molecule has 2 unspecified atom stereocenters. The van der Waals surface area contributed by atoms with Crippen LogP contribution in [0, 0.1) is 22.7 Å². The molecule has 1 heterocycles. The van der Waals surface area contributed by atoms with E-state index in [4.69, 9.17) is 16.3 Å². The lowest BCUT2D eigenvalue weighted by atomic mass is 10.0. The number of hydrogen-bond donors (Lipinski definition) is 3. The summed E-state index contributed by atoms with van der Waals surface area (Å²) < 4.78 is 0. The molecule has 0 saturated heterocycles. The van der Waals surface area contributed by atoms with Gasteiger partial charge in [-0.25, -0.2) is 4.98 Å². The molecular formula is C10H10N4O2. The first-order valence-electron chi connectivity index (χ1n) is 4.48. The minimum absolute atomic E-state index is 0.0632. The molecule has 0 bridgehead atoms. The molecule has 1 rings (SSSR count). The molecule has 1 aromatic heterocycles. The number of rotatable bonds is 3. The molecule has 0 aromatic carbocycles. The topological polar surface area (TPSA) is 127 Å². The number of nitriles is 2. The van der Waals surface area contributed by atoms with E-state index in [0.717, 1.165) is 0 Å². The zero-order valence-corrected chi connectivity index (χ0v) is 8.33. The normalized spacial score (nSPS) is 13.5. The Kier molecular flexibility index (Phi) is 3.78. The average Bonchev–Trinajstić information content (AvgIpc) is 2.29. The molecule has 2 atom stereocenters. The lowest BCUT2D eigenvalue weighted by molar-refractivity contribution is 0.0214. The summed E-state index contributed by atoms with van der Waals surface area (Å²) in [6.45, 7) is 0. The highest BCUT2D eigenvalue weighted by Gasteiger charge is 2.19. The summed E-state index contributed by atoms with van der Waals surface area (Å²) in [5.74, 6) is 0.0632. The molecule has 0 saturated carbocycles. The number of pyridine rings is 1. The van der Waals surface area contributed by atoms with E-state index in [9.17, 15) is 10.2 Å². The van der Waals surface area contributed by atoms with Gasteiger partial charge in [-0.3, -0.25) is 0 Å². The molecular weight excluding hydrogens is 208 g/mol. The molecule has 0 aliphatic heterocycles. The number of aromatic nitrogens is 1. The zero-order chi connectivity index (χ0) is 12.1. The molecule has 0 radical (unpaired) electrons. The minimum Gasteiger partial charge on any atom is -0.389 e. The molecule has 4 N–H and O–H groups in total. The van der Waals surface area contributed by atoms with Gasteiger partial charge in [-0.1, -0.05) is 0 Å². The average molecular weight is 218 g/mol. The van der Waals surface area contributed by atoms with Gasteiger partial charge in [0.05, 0.1) is 24.2 Å². The van der Waals surface area contributed by atoms with E-state index in [2.05, 4.69) is 4.98 Å². The van der Waals surface area contributed by atoms with Crippen molar-refractivity contribution in [3.63, 3.8) is 0 Å². The Bertz CT molecular complexity index is 461. The van der Waals surface area contributed by atoms with Crippen molar-refractivity contribution in [3.8, 4) is 12.1 Å². The van der Waals surface area contributed by atoms with Crippen LogP contribution in [0.3, 0.4) is 0 Å². The van der Waals surface area contributed by atoms with E-state index in [0.29, 0.717) is 0 Å². The molecule has 0 aliphatic rings. The van der Waals surface area contributed by atoms with Crippen LogP contribution >= 0.6 is 0 Å². The van der Waals surface area contributed by atoms with Crippen molar-refractivity contribution >= 4 is 5.82 Å². The van der Waals surface area contributed by atoms with Crippen LogP contribution in [0.4, 0.5) is 5.82 Å². The number of aliphatic hydroxyl groups excluding tert-OH is 2. The van der Waals surface area contributed by atoms with Gasteiger partial charge in [0.2, 0.25) is 0 Å². The Hall–Kier alpha value is -2.15. The number of anilines is 1. The molecule has 0 spiro atoms. The quantitative estimate of drug-likeness (QED) is 0.647. The first-order valence-corrected chi connectivity index (χ1v) is 4.48. The highest BCUT2D eigenvalue weighted by Crippen LogP contribution is 2.20. The number of nitrogens with zero attached hydrogens (tertiary/aromatic N) is 3. The van der Waals surface area contributed by atoms with Crippen molar-refractivity contribution < 1.29 is 10.2 Å². The first kappa shape index (κ1) is 11.9. The van der Waals surface area contributed by atoms with Crippen LogP contribution in [0.15, 0.2) is 12.3 Å². The van der Waals surface area contributed by atoms with Gasteiger partial charge in [0.15, 0.2) is 0 Å². The van der Waals surface area contributed by atoms with Gasteiger partial charge in [-0.15, -0.1) is 0 Å². The van der Waals surface area contributed by atoms with Crippen LogP contribution < -0.4 is 5.73 Å². The van der Waals surface area contributed by atoms with Gasteiger partial charge in [-0.2, -0.15) is 10.5 Å². The SMILES string of the molecule is N#CCC(O)C(O)c1cnc(N)c(C#N)c1. The van der Waals surface area contributed by atoms with E-state index < -0.39 is 12.2 Å². The van der Waals surface area contributed by atoms with E-state index in [-0.39, 0.29) is 23.4 Å². The zero-order valence-electron chi connectivity index (χ0n) is 8.33. The highest BCUT2D eigenvalue weighted by molar-refractivity contribution is 5.49. The molecule has 6 nitrogen and oxygen atoms in total. The maximum absolute atomic E-state index is 9.64. The summed E-state index contributed by atoms with van der Waals surface area (Å²) in [4.78, 5) is 3.71. The summed E-state index contributed by atoms with van der Waals surface area (Å²) in [7, 11) is 0. The second kappa shape index (κ2) is 5.08. The van der Waals surface area contributed by atoms with Crippen LogP contribution in [0.25, 0.3) is 0 Å². The summed E-state index contributed by atoms with van der Waals surface area (Å²) >= 11 is 0. The highest BCUT2D eigenvalue weighted by atomic mass is 16.3. The van der Waals surface area contributed by atoms with Crippen LogP contribution in [-0.2, 0) is 0 Å². The van der Waals surface area contributed by atoms with E-state index >= 15 is 0 Å². The number of nitrogens with two attached hydrogens (primary N) is 1. The van der Waals surface area contributed by atoms with Gasteiger partial charge < -0.3 is 15.9 Å². The molecule has 6 heteroatoms. The molecule has 1 aromatic rings. The van der Waals surface area contributed by atoms with Crippen LogP contribution in [0.5, 0.6) is 0 Å². The minimum atomic E-state index is -1.25.